The molecular formula is C12H15NO6S. The average molecular weight is 301 g/mol. The van der Waals surface area contributed by atoms with Gasteiger partial charge in [0.1, 0.15) is 6.54 Å². The molecule has 0 amide bonds. The maximum absolute atomic E-state index is 11.7. The summed E-state index contributed by atoms with van der Waals surface area (Å²) in [5, 5.41) is 0. The predicted octanol–water partition coefficient (Wildman–Crippen LogP) is 0.0656. The molecule has 20 heavy (non-hydrogen) atoms. The number of hydrogen-bond acceptors (Lipinski definition) is 6. The van der Waals surface area contributed by atoms with Crippen LogP contribution in [-0.2, 0) is 30.0 Å². The van der Waals surface area contributed by atoms with Crippen LogP contribution in [0.15, 0.2) is 24.3 Å². The number of rotatable bonds is 6. The molecule has 0 fully saturated rings. The normalized spacial score (nSPS) is 10.9. The Morgan fingerprint density at radius 3 is 2.20 bits per heavy atom. The van der Waals surface area contributed by atoms with E-state index in [4.69, 9.17) is 0 Å². The quantitative estimate of drug-likeness (QED) is 0.746. The molecule has 0 aromatic heterocycles. The Hall–Kier alpha value is -1.93. The Bertz CT molecular complexity index is 578. The number of methoxy groups -OCH3 is 2. The summed E-state index contributed by atoms with van der Waals surface area (Å²) in [5.41, 5.74) is 0.811. The molecule has 0 bridgehead atoms. The molecule has 0 aliphatic rings. The molecule has 0 unspecified atom stereocenters. The summed E-state index contributed by atoms with van der Waals surface area (Å²) in [7, 11) is -1.22. The van der Waals surface area contributed by atoms with Crippen LogP contribution in [0.3, 0.4) is 0 Å². The van der Waals surface area contributed by atoms with Gasteiger partial charge < -0.3 is 9.47 Å². The number of esters is 2. The maximum Gasteiger partial charge on any atom is 0.337 e. The zero-order chi connectivity index (χ0) is 15.2. The second kappa shape index (κ2) is 7.01. The Labute approximate surface area is 116 Å². The molecule has 0 saturated heterocycles. The summed E-state index contributed by atoms with van der Waals surface area (Å²) in [4.78, 5) is 22.1. The Morgan fingerprint density at radius 2 is 1.70 bits per heavy atom. The first-order chi connectivity index (χ1) is 9.38. The average Bonchev–Trinajstić information content (AvgIpc) is 2.44. The van der Waals surface area contributed by atoms with Gasteiger partial charge in [0, 0.05) is 0 Å². The summed E-state index contributed by atoms with van der Waals surface area (Å²) >= 11 is 0. The van der Waals surface area contributed by atoms with Gasteiger partial charge in [-0.25, -0.2) is 17.9 Å². The van der Waals surface area contributed by atoms with Crippen LogP contribution in [0, 0.1) is 0 Å². The van der Waals surface area contributed by atoms with Crippen molar-refractivity contribution in [3.63, 3.8) is 0 Å². The molecule has 1 aromatic carbocycles. The van der Waals surface area contributed by atoms with Crippen molar-refractivity contribution in [2.24, 2.45) is 0 Å². The summed E-state index contributed by atoms with van der Waals surface area (Å²) < 4.78 is 34.3. The van der Waals surface area contributed by atoms with Crippen molar-refractivity contribution in [3.8, 4) is 0 Å². The van der Waals surface area contributed by atoms with E-state index in [2.05, 4.69) is 14.2 Å². The van der Waals surface area contributed by atoms with Gasteiger partial charge in [0.05, 0.1) is 25.5 Å². The third-order valence-corrected chi connectivity index (χ3v) is 3.69. The number of ether oxygens (including phenoxy) is 2. The fraction of sp³-hybridized carbons (Fsp3) is 0.333. The first kappa shape index (κ1) is 16.1. The van der Waals surface area contributed by atoms with Crippen molar-refractivity contribution in [2.75, 3.05) is 20.8 Å². The van der Waals surface area contributed by atoms with Crippen LogP contribution < -0.4 is 4.72 Å². The Balaban J connectivity index is 2.68. The molecule has 0 aliphatic heterocycles. The number of sulfonamides is 1. The molecule has 0 heterocycles. The van der Waals surface area contributed by atoms with E-state index < -0.39 is 28.5 Å². The fourth-order valence-corrected chi connectivity index (χ4v) is 2.44. The summed E-state index contributed by atoms with van der Waals surface area (Å²) in [6, 6.07) is 5.95. The van der Waals surface area contributed by atoms with Gasteiger partial charge in [-0.05, 0) is 17.7 Å². The van der Waals surface area contributed by atoms with E-state index in [1.165, 1.54) is 38.5 Å². The predicted molar refractivity (Wildman–Crippen MR) is 70.4 cm³/mol. The summed E-state index contributed by atoms with van der Waals surface area (Å²) in [6.45, 7) is -0.418. The molecule has 1 rings (SSSR count). The molecule has 0 atom stereocenters. The first-order valence-electron chi connectivity index (χ1n) is 5.59. The lowest BCUT2D eigenvalue weighted by atomic mass is 10.1. The van der Waals surface area contributed by atoms with E-state index in [9.17, 15) is 18.0 Å². The van der Waals surface area contributed by atoms with E-state index in [-0.39, 0.29) is 5.75 Å². The van der Waals surface area contributed by atoms with Gasteiger partial charge in [0.15, 0.2) is 0 Å². The second-order valence-electron chi connectivity index (χ2n) is 3.84. The highest BCUT2D eigenvalue weighted by atomic mass is 32.2. The van der Waals surface area contributed by atoms with Gasteiger partial charge in [0.25, 0.3) is 0 Å². The summed E-state index contributed by atoms with van der Waals surface area (Å²) in [6.07, 6.45) is 0. The first-order valence-corrected chi connectivity index (χ1v) is 7.24. The molecule has 0 aliphatic carbocycles. The van der Waals surface area contributed by atoms with Crippen molar-refractivity contribution in [1.82, 2.24) is 4.72 Å². The van der Waals surface area contributed by atoms with Gasteiger partial charge >= 0.3 is 11.9 Å². The highest BCUT2D eigenvalue weighted by Crippen LogP contribution is 2.08. The van der Waals surface area contributed by atoms with E-state index in [1.807, 2.05) is 0 Å². The lowest BCUT2D eigenvalue weighted by Crippen LogP contribution is -2.31. The van der Waals surface area contributed by atoms with Crippen LogP contribution in [0.5, 0.6) is 0 Å². The van der Waals surface area contributed by atoms with Crippen molar-refractivity contribution >= 4 is 22.0 Å². The van der Waals surface area contributed by atoms with Gasteiger partial charge in [-0.3, -0.25) is 4.79 Å². The molecule has 0 saturated carbocycles. The van der Waals surface area contributed by atoms with Crippen molar-refractivity contribution < 1.29 is 27.5 Å². The number of nitrogens with one attached hydrogen (secondary N) is 1. The molecule has 1 N–H and O–H groups in total. The van der Waals surface area contributed by atoms with Gasteiger partial charge in [-0.1, -0.05) is 12.1 Å². The third-order valence-electron chi connectivity index (χ3n) is 2.40. The maximum atomic E-state index is 11.7. The van der Waals surface area contributed by atoms with Crippen LogP contribution in [-0.4, -0.2) is 41.1 Å². The highest BCUT2D eigenvalue weighted by Gasteiger charge is 2.14. The van der Waals surface area contributed by atoms with Crippen LogP contribution in [0.2, 0.25) is 0 Å². The second-order valence-corrected chi connectivity index (χ2v) is 5.65. The zero-order valence-electron chi connectivity index (χ0n) is 11.1. The summed E-state index contributed by atoms with van der Waals surface area (Å²) in [5.74, 6) is -1.47. The van der Waals surface area contributed by atoms with Crippen molar-refractivity contribution in [1.29, 1.82) is 0 Å². The number of benzene rings is 1. The number of hydrogen-bond donors (Lipinski definition) is 1. The van der Waals surface area contributed by atoms with Gasteiger partial charge in [0.2, 0.25) is 10.0 Å². The van der Waals surface area contributed by atoms with Crippen LogP contribution in [0.1, 0.15) is 15.9 Å². The lowest BCUT2D eigenvalue weighted by molar-refractivity contribution is -0.139. The molecule has 0 spiro atoms. The minimum Gasteiger partial charge on any atom is -0.468 e. The number of carbonyl (C=O) groups is 2. The van der Waals surface area contributed by atoms with Gasteiger partial charge in [-0.2, -0.15) is 0 Å². The van der Waals surface area contributed by atoms with Crippen LogP contribution >= 0.6 is 0 Å². The topological polar surface area (TPSA) is 98.8 Å². The lowest BCUT2D eigenvalue weighted by Gasteiger charge is -2.06. The Morgan fingerprint density at radius 1 is 1.10 bits per heavy atom. The largest absolute Gasteiger partial charge is 0.468 e. The molecule has 7 nitrogen and oxygen atoms in total. The van der Waals surface area contributed by atoms with E-state index in [1.54, 1.807) is 0 Å². The molecule has 110 valence electrons. The standard InChI is InChI=1S/C12H15NO6S/c1-18-11(14)7-13-20(16,17)8-9-3-5-10(6-4-9)12(15)19-2/h3-6,13H,7-8H2,1-2H3. The molecule has 1 aromatic rings. The van der Waals surface area contributed by atoms with Crippen LogP contribution in [0.4, 0.5) is 0 Å². The van der Waals surface area contributed by atoms with E-state index in [0.717, 1.165) is 0 Å². The van der Waals surface area contributed by atoms with E-state index in [0.29, 0.717) is 11.1 Å². The molecule has 0 radical (unpaired) electrons. The van der Waals surface area contributed by atoms with E-state index >= 15 is 0 Å². The van der Waals surface area contributed by atoms with Crippen molar-refractivity contribution in [2.45, 2.75) is 5.75 Å². The number of carbonyl (C=O) groups excluding carboxylic acids is 2. The third kappa shape index (κ3) is 4.98. The molecular weight excluding hydrogens is 286 g/mol. The SMILES string of the molecule is COC(=O)CNS(=O)(=O)Cc1ccc(C(=O)OC)cc1. The minimum atomic E-state index is -3.65. The molecule has 8 heteroatoms. The van der Waals surface area contributed by atoms with Gasteiger partial charge in [-0.15, -0.1) is 0 Å². The van der Waals surface area contributed by atoms with Crippen molar-refractivity contribution in [3.05, 3.63) is 35.4 Å². The minimum absolute atomic E-state index is 0.300. The smallest absolute Gasteiger partial charge is 0.337 e. The Kier molecular flexibility index (Phi) is 5.66. The van der Waals surface area contributed by atoms with Crippen LogP contribution in [0.25, 0.3) is 0 Å². The highest BCUT2D eigenvalue weighted by molar-refractivity contribution is 7.88. The zero-order valence-corrected chi connectivity index (χ0v) is 11.9. The fourth-order valence-electron chi connectivity index (χ4n) is 1.37. The monoisotopic (exact) mass is 301 g/mol.